The number of hydrogen-bond donors (Lipinski definition) is 0. The van der Waals surface area contributed by atoms with Gasteiger partial charge in [-0.05, 0) is 69.8 Å². The molecule has 0 N–H and O–H groups in total. The van der Waals surface area contributed by atoms with Gasteiger partial charge in [0, 0.05) is 18.8 Å². The first-order valence-electron chi connectivity index (χ1n) is 9.85. The number of esters is 1. The molecule has 0 spiro atoms. The van der Waals surface area contributed by atoms with E-state index in [1.54, 1.807) is 7.11 Å². The summed E-state index contributed by atoms with van der Waals surface area (Å²) < 4.78 is 12.0. The SMILES string of the molecule is COC(=O)C(C)(C)CN1CCC(c2ccc(-n3ccc(OC)n3)c(C)c2)CC1. The van der Waals surface area contributed by atoms with Crippen LogP contribution in [0.5, 0.6) is 5.88 Å². The highest BCUT2D eigenvalue weighted by Crippen LogP contribution is 2.31. The van der Waals surface area contributed by atoms with Crippen LogP contribution in [0.15, 0.2) is 30.5 Å². The van der Waals surface area contributed by atoms with E-state index in [1.807, 2.05) is 30.8 Å². The second kappa shape index (κ2) is 8.35. The van der Waals surface area contributed by atoms with Crippen molar-refractivity contribution in [3.8, 4) is 11.6 Å². The minimum atomic E-state index is -0.468. The van der Waals surface area contributed by atoms with E-state index >= 15 is 0 Å². The van der Waals surface area contributed by atoms with Crippen molar-refractivity contribution in [3.63, 3.8) is 0 Å². The molecule has 0 unspecified atom stereocenters. The van der Waals surface area contributed by atoms with Crippen LogP contribution in [0.4, 0.5) is 0 Å². The lowest BCUT2D eigenvalue weighted by Crippen LogP contribution is -2.43. The van der Waals surface area contributed by atoms with E-state index in [-0.39, 0.29) is 5.97 Å². The highest BCUT2D eigenvalue weighted by Gasteiger charge is 2.32. The van der Waals surface area contributed by atoms with Crippen molar-refractivity contribution in [2.24, 2.45) is 5.41 Å². The van der Waals surface area contributed by atoms with Gasteiger partial charge in [-0.3, -0.25) is 4.79 Å². The van der Waals surface area contributed by atoms with Crippen LogP contribution in [0, 0.1) is 12.3 Å². The van der Waals surface area contributed by atoms with E-state index in [4.69, 9.17) is 9.47 Å². The van der Waals surface area contributed by atoms with Crippen molar-refractivity contribution in [3.05, 3.63) is 41.6 Å². The number of benzene rings is 1. The molecule has 0 atom stereocenters. The Morgan fingerprint density at radius 2 is 1.93 bits per heavy atom. The maximum atomic E-state index is 11.9. The molecule has 3 rings (SSSR count). The van der Waals surface area contributed by atoms with E-state index in [0.29, 0.717) is 11.8 Å². The Balaban J connectivity index is 1.63. The van der Waals surface area contributed by atoms with Crippen LogP contribution in [-0.2, 0) is 9.53 Å². The standard InChI is InChI=1S/C22H31N3O3/c1-16-14-18(6-7-19(16)25-13-10-20(23-25)27-4)17-8-11-24(12-9-17)15-22(2,3)21(26)28-5/h6-7,10,13-14,17H,8-9,11-12,15H2,1-5H3. The number of piperidine rings is 1. The molecule has 0 saturated carbocycles. The number of nitrogens with zero attached hydrogens (tertiary/aromatic N) is 3. The lowest BCUT2D eigenvalue weighted by Gasteiger charge is -2.36. The maximum absolute atomic E-state index is 11.9. The molecule has 1 aliphatic heterocycles. The highest BCUT2D eigenvalue weighted by atomic mass is 16.5. The van der Waals surface area contributed by atoms with E-state index in [9.17, 15) is 4.79 Å². The van der Waals surface area contributed by atoms with E-state index in [2.05, 4.69) is 35.1 Å². The van der Waals surface area contributed by atoms with Gasteiger partial charge in [-0.1, -0.05) is 12.1 Å². The summed E-state index contributed by atoms with van der Waals surface area (Å²) in [5.41, 5.74) is 3.19. The molecule has 1 aromatic carbocycles. The molecule has 0 amide bonds. The molecule has 0 aliphatic carbocycles. The number of carbonyl (C=O) groups excluding carboxylic acids is 1. The number of methoxy groups -OCH3 is 2. The smallest absolute Gasteiger partial charge is 0.312 e. The monoisotopic (exact) mass is 385 g/mol. The highest BCUT2D eigenvalue weighted by molar-refractivity contribution is 5.76. The van der Waals surface area contributed by atoms with Gasteiger partial charge in [-0.15, -0.1) is 5.10 Å². The minimum Gasteiger partial charge on any atom is -0.480 e. The van der Waals surface area contributed by atoms with E-state index in [0.717, 1.165) is 38.2 Å². The van der Waals surface area contributed by atoms with Crippen LogP contribution in [-0.4, -0.2) is 54.5 Å². The van der Waals surface area contributed by atoms with Crippen LogP contribution >= 0.6 is 0 Å². The fraction of sp³-hybridized carbons (Fsp3) is 0.545. The van der Waals surface area contributed by atoms with Crippen LogP contribution in [0.1, 0.15) is 43.7 Å². The zero-order valence-corrected chi connectivity index (χ0v) is 17.6. The molecule has 2 heterocycles. The predicted molar refractivity (Wildman–Crippen MR) is 109 cm³/mol. The molecular formula is C22H31N3O3. The number of aromatic nitrogens is 2. The molecule has 0 bridgehead atoms. The Morgan fingerprint density at radius 3 is 2.50 bits per heavy atom. The number of carbonyl (C=O) groups is 1. The Bertz CT molecular complexity index is 820. The third kappa shape index (κ3) is 4.38. The Labute approximate surface area is 167 Å². The maximum Gasteiger partial charge on any atom is 0.312 e. The molecule has 6 nitrogen and oxygen atoms in total. The number of ether oxygens (including phenoxy) is 2. The fourth-order valence-electron chi connectivity index (χ4n) is 4.06. The zero-order chi connectivity index (χ0) is 20.3. The Kier molecular flexibility index (Phi) is 6.08. The average Bonchev–Trinajstić information content (AvgIpc) is 3.16. The summed E-state index contributed by atoms with van der Waals surface area (Å²) in [4.78, 5) is 14.3. The third-order valence-corrected chi connectivity index (χ3v) is 5.66. The van der Waals surface area contributed by atoms with E-state index in [1.165, 1.54) is 18.2 Å². The van der Waals surface area contributed by atoms with Crippen molar-refractivity contribution >= 4 is 5.97 Å². The summed E-state index contributed by atoms with van der Waals surface area (Å²) in [6.45, 7) is 8.78. The van der Waals surface area contributed by atoms with Gasteiger partial charge in [0.2, 0.25) is 5.88 Å². The molecule has 1 fully saturated rings. The van der Waals surface area contributed by atoms with Gasteiger partial charge in [0.15, 0.2) is 0 Å². The normalized spacial score (nSPS) is 16.2. The number of hydrogen-bond acceptors (Lipinski definition) is 5. The summed E-state index contributed by atoms with van der Waals surface area (Å²) in [7, 11) is 3.09. The molecule has 1 saturated heterocycles. The molecule has 1 aliphatic rings. The second-order valence-electron chi connectivity index (χ2n) is 8.27. The molecular weight excluding hydrogens is 354 g/mol. The van der Waals surface area contributed by atoms with Gasteiger partial charge < -0.3 is 14.4 Å². The first kappa shape index (κ1) is 20.4. The largest absolute Gasteiger partial charge is 0.480 e. The summed E-state index contributed by atoms with van der Waals surface area (Å²) in [6, 6.07) is 8.50. The van der Waals surface area contributed by atoms with Crippen molar-refractivity contribution in [1.82, 2.24) is 14.7 Å². The van der Waals surface area contributed by atoms with Gasteiger partial charge in [0.1, 0.15) is 0 Å². The molecule has 6 heteroatoms. The number of likely N-dealkylation sites (tertiary alicyclic amines) is 1. The quantitative estimate of drug-likeness (QED) is 0.712. The topological polar surface area (TPSA) is 56.6 Å². The lowest BCUT2D eigenvalue weighted by atomic mass is 9.86. The molecule has 2 aromatic rings. The third-order valence-electron chi connectivity index (χ3n) is 5.66. The molecule has 0 radical (unpaired) electrons. The van der Waals surface area contributed by atoms with Crippen molar-refractivity contribution < 1.29 is 14.3 Å². The molecule has 28 heavy (non-hydrogen) atoms. The van der Waals surface area contributed by atoms with Gasteiger partial charge >= 0.3 is 5.97 Å². The van der Waals surface area contributed by atoms with Crippen LogP contribution in [0.25, 0.3) is 5.69 Å². The second-order valence-corrected chi connectivity index (χ2v) is 8.27. The zero-order valence-electron chi connectivity index (χ0n) is 17.6. The Morgan fingerprint density at radius 1 is 1.21 bits per heavy atom. The number of rotatable bonds is 6. The van der Waals surface area contributed by atoms with Gasteiger partial charge in [0.05, 0.1) is 25.3 Å². The van der Waals surface area contributed by atoms with Gasteiger partial charge in [-0.2, -0.15) is 0 Å². The summed E-state index contributed by atoms with van der Waals surface area (Å²) in [5, 5.41) is 4.42. The predicted octanol–water partition coefficient (Wildman–Crippen LogP) is 3.57. The van der Waals surface area contributed by atoms with Crippen LogP contribution < -0.4 is 4.74 Å². The first-order valence-corrected chi connectivity index (χ1v) is 9.85. The molecule has 152 valence electrons. The molecule has 1 aromatic heterocycles. The summed E-state index contributed by atoms with van der Waals surface area (Å²) >= 11 is 0. The first-order chi connectivity index (χ1) is 13.3. The minimum absolute atomic E-state index is 0.143. The number of aryl methyl sites for hydroxylation is 1. The summed E-state index contributed by atoms with van der Waals surface area (Å²) in [6.07, 6.45) is 4.12. The lowest BCUT2D eigenvalue weighted by molar-refractivity contribution is -0.152. The average molecular weight is 386 g/mol. The van der Waals surface area contributed by atoms with Crippen molar-refractivity contribution in [2.75, 3.05) is 33.9 Å². The Hall–Kier alpha value is -2.34. The van der Waals surface area contributed by atoms with Crippen LogP contribution in [0.2, 0.25) is 0 Å². The van der Waals surface area contributed by atoms with E-state index < -0.39 is 5.41 Å². The summed E-state index contributed by atoms with van der Waals surface area (Å²) in [5.74, 6) is 1.03. The van der Waals surface area contributed by atoms with Gasteiger partial charge in [-0.25, -0.2) is 4.68 Å². The van der Waals surface area contributed by atoms with Crippen LogP contribution in [0.3, 0.4) is 0 Å². The van der Waals surface area contributed by atoms with Crippen molar-refractivity contribution in [1.29, 1.82) is 0 Å². The van der Waals surface area contributed by atoms with Crippen molar-refractivity contribution in [2.45, 2.75) is 39.5 Å². The van der Waals surface area contributed by atoms with Gasteiger partial charge in [0.25, 0.3) is 0 Å². The fourth-order valence-corrected chi connectivity index (χ4v) is 4.06.